The first-order chi connectivity index (χ1) is 13.5. The molecule has 1 aliphatic heterocycles. The van der Waals surface area contributed by atoms with Crippen LogP contribution in [0.3, 0.4) is 0 Å². The Morgan fingerprint density at radius 2 is 2.07 bits per heavy atom. The van der Waals surface area contributed by atoms with Crippen LogP contribution in [-0.2, 0) is 13.6 Å². The molecule has 1 amide bonds. The van der Waals surface area contributed by atoms with Crippen LogP contribution in [0.1, 0.15) is 47.8 Å². The van der Waals surface area contributed by atoms with Crippen LogP contribution in [0.25, 0.3) is 11.1 Å². The Bertz CT molecular complexity index is 976. The van der Waals surface area contributed by atoms with Gasteiger partial charge in [-0.1, -0.05) is 19.0 Å². The standard InChI is InChI=1S/C20H26N6O2/c1-14(2)18-17-9-16(11-21-19(17)28-23-18)20(27)26-6-4-5-25(7-8-26)13-15-10-22-24(3)12-15/h9-12,14H,4-8,13H2,1-3H3. The Labute approximate surface area is 164 Å². The highest BCUT2D eigenvalue weighted by molar-refractivity contribution is 5.97. The van der Waals surface area contributed by atoms with Crippen LogP contribution in [0.2, 0.25) is 0 Å². The summed E-state index contributed by atoms with van der Waals surface area (Å²) in [6, 6.07) is 1.87. The summed E-state index contributed by atoms with van der Waals surface area (Å²) in [5.41, 5.74) is 3.12. The molecule has 148 valence electrons. The lowest BCUT2D eigenvalue weighted by Crippen LogP contribution is -2.35. The van der Waals surface area contributed by atoms with Crippen LogP contribution < -0.4 is 0 Å². The highest BCUT2D eigenvalue weighted by atomic mass is 16.5. The predicted octanol–water partition coefficient (Wildman–Crippen LogP) is 2.43. The van der Waals surface area contributed by atoms with E-state index >= 15 is 0 Å². The van der Waals surface area contributed by atoms with Gasteiger partial charge in [0.15, 0.2) is 0 Å². The summed E-state index contributed by atoms with van der Waals surface area (Å²) in [6.07, 6.45) is 6.49. The lowest BCUT2D eigenvalue weighted by atomic mass is 10.1. The molecule has 28 heavy (non-hydrogen) atoms. The number of aryl methyl sites for hydroxylation is 1. The van der Waals surface area contributed by atoms with Gasteiger partial charge < -0.3 is 9.42 Å². The van der Waals surface area contributed by atoms with Crippen molar-refractivity contribution in [2.24, 2.45) is 7.05 Å². The van der Waals surface area contributed by atoms with Crippen LogP contribution in [0.4, 0.5) is 0 Å². The molecule has 0 unspecified atom stereocenters. The lowest BCUT2D eigenvalue weighted by molar-refractivity contribution is 0.0761. The fourth-order valence-electron chi connectivity index (χ4n) is 3.71. The molecule has 0 aliphatic carbocycles. The van der Waals surface area contributed by atoms with Crippen LogP contribution in [0.5, 0.6) is 0 Å². The normalized spacial score (nSPS) is 16.1. The number of hydrogen-bond donors (Lipinski definition) is 0. The molecule has 0 N–H and O–H groups in total. The maximum absolute atomic E-state index is 13.1. The third-order valence-corrected chi connectivity index (χ3v) is 5.19. The second kappa shape index (κ2) is 7.71. The molecule has 1 aliphatic rings. The van der Waals surface area contributed by atoms with Crippen molar-refractivity contribution < 1.29 is 9.32 Å². The molecule has 0 saturated carbocycles. The molecule has 8 heteroatoms. The zero-order valence-electron chi connectivity index (χ0n) is 16.6. The molecule has 3 aromatic heterocycles. The quantitative estimate of drug-likeness (QED) is 0.689. The van der Waals surface area contributed by atoms with Crippen molar-refractivity contribution in [3.8, 4) is 0 Å². The molecule has 0 radical (unpaired) electrons. The number of aromatic nitrogens is 4. The molecule has 4 rings (SSSR count). The maximum atomic E-state index is 13.1. The minimum atomic E-state index is 0.0218. The number of fused-ring (bicyclic) bond motifs is 1. The molecule has 1 saturated heterocycles. The number of amides is 1. The van der Waals surface area contributed by atoms with Crippen molar-refractivity contribution >= 4 is 17.0 Å². The van der Waals surface area contributed by atoms with E-state index in [-0.39, 0.29) is 11.8 Å². The van der Waals surface area contributed by atoms with Crippen molar-refractivity contribution in [1.29, 1.82) is 0 Å². The van der Waals surface area contributed by atoms with Crippen LogP contribution >= 0.6 is 0 Å². The average molecular weight is 382 g/mol. The zero-order valence-corrected chi connectivity index (χ0v) is 16.6. The monoisotopic (exact) mass is 382 g/mol. The van der Waals surface area contributed by atoms with Gasteiger partial charge in [0.25, 0.3) is 11.6 Å². The third kappa shape index (κ3) is 3.77. The number of carbonyl (C=O) groups is 1. The van der Waals surface area contributed by atoms with E-state index in [1.807, 2.05) is 35.1 Å². The number of pyridine rings is 1. The highest BCUT2D eigenvalue weighted by Crippen LogP contribution is 2.24. The van der Waals surface area contributed by atoms with Crippen molar-refractivity contribution in [2.75, 3.05) is 26.2 Å². The van der Waals surface area contributed by atoms with Crippen molar-refractivity contribution in [3.63, 3.8) is 0 Å². The molecule has 3 aromatic rings. The number of rotatable bonds is 4. The fourth-order valence-corrected chi connectivity index (χ4v) is 3.71. The highest BCUT2D eigenvalue weighted by Gasteiger charge is 2.22. The molecule has 0 bridgehead atoms. The summed E-state index contributed by atoms with van der Waals surface area (Å²) in [7, 11) is 1.93. The minimum absolute atomic E-state index is 0.0218. The summed E-state index contributed by atoms with van der Waals surface area (Å²) in [5.74, 6) is 0.237. The van der Waals surface area contributed by atoms with Gasteiger partial charge >= 0.3 is 0 Å². The zero-order chi connectivity index (χ0) is 19.7. The molecule has 0 aromatic carbocycles. The van der Waals surface area contributed by atoms with E-state index in [2.05, 4.69) is 34.0 Å². The van der Waals surface area contributed by atoms with Crippen LogP contribution in [0, 0.1) is 0 Å². The largest absolute Gasteiger partial charge is 0.337 e. The third-order valence-electron chi connectivity index (χ3n) is 5.19. The SMILES string of the molecule is CC(C)c1noc2ncc(C(=O)N3CCCN(Cc4cnn(C)c4)CC3)cc12. The number of hydrogen-bond acceptors (Lipinski definition) is 6. The van der Waals surface area contributed by atoms with E-state index in [9.17, 15) is 4.79 Å². The van der Waals surface area contributed by atoms with Crippen molar-refractivity contribution in [3.05, 3.63) is 41.5 Å². The first-order valence-corrected chi connectivity index (χ1v) is 9.75. The second-order valence-corrected chi connectivity index (χ2v) is 7.74. The maximum Gasteiger partial charge on any atom is 0.257 e. The Balaban J connectivity index is 1.46. The van der Waals surface area contributed by atoms with E-state index < -0.39 is 0 Å². The Morgan fingerprint density at radius 1 is 1.21 bits per heavy atom. The first-order valence-electron chi connectivity index (χ1n) is 9.75. The Kier molecular flexibility index (Phi) is 5.13. The van der Waals surface area contributed by atoms with E-state index in [1.165, 1.54) is 5.56 Å². The van der Waals surface area contributed by atoms with E-state index in [1.54, 1.807) is 6.20 Å². The average Bonchev–Trinajstić information content (AvgIpc) is 3.21. The number of nitrogens with zero attached hydrogens (tertiary/aromatic N) is 6. The Morgan fingerprint density at radius 3 is 2.82 bits per heavy atom. The van der Waals surface area contributed by atoms with E-state index in [4.69, 9.17) is 4.52 Å². The molecule has 8 nitrogen and oxygen atoms in total. The van der Waals surface area contributed by atoms with Crippen LogP contribution in [0.15, 0.2) is 29.2 Å². The van der Waals surface area contributed by atoms with Crippen molar-refractivity contribution in [1.82, 2.24) is 29.7 Å². The number of carbonyl (C=O) groups excluding carboxylic acids is 1. The van der Waals surface area contributed by atoms with Gasteiger partial charge in [0.2, 0.25) is 0 Å². The first kappa shape index (κ1) is 18.6. The molecule has 1 fully saturated rings. The summed E-state index contributed by atoms with van der Waals surface area (Å²) in [6.45, 7) is 8.25. The minimum Gasteiger partial charge on any atom is -0.337 e. The summed E-state index contributed by atoms with van der Waals surface area (Å²) in [4.78, 5) is 21.7. The van der Waals surface area contributed by atoms with Gasteiger partial charge in [0, 0.05) is 57.7 Å². The molecule has 4 heterocycles. The molecule has 0 spiro atoms. The van der Waals surface area contributed by atoms with Gasteiger partial charge in [-0.15, -0.1) is 0 Å². The van der Waals surface area contributed by atoms with Gasteiger partial charge in [-0.3, -0.25) is 14.4 Å². The van der Waals surface area contributed by atoms with Gasteiger partial charge in [-0.25, -0.2) is 4.98 Å². The van der Waals surface area contributed by atoms with Crippen LogP contribution in [-0.4, -0.2) is 61.8 Å². The lowest BCUT2D eigenvalue weighted by Gasteiger charge is -2.21. The van der Waals surface area contributed by atoms with Gasteiger partial charge in [0.1, 0.15) is 0 Å². The van der Waals surface area contributed by atoms with Gasteiger partial charge in [0.05, 0.1) is 22.8 Å². The van der Waals surface area contributed by atoms with Crippen molar-refractivity contribution in [2.45, 2.75) is 32.7 Å². The topological polar surface area (TPSA) is 80.3 Å². The fraction of sp³-hybridized carbons (Fsp3) is 0.500. The molecular formula is C20H26N6O2. The summed E-state index contributed by atoms with van der Waals surface area (Å²) >= 11 is 0. The smallest absolute Gasteiger partial charge is 0.257 e. The molecule has 0 atom stereocenters. The van der Waals surface area contributed by atoms with E-state index in [0.717, 1.165) is 43.7 Å². The van der Waals surface area contributed by atoms with Gasteiger partial charge in [-0.2, -0.15) is 5.10 Å². The Hall–Kier alpha value is -2.74. The van der Waals surface area contributed by atoms with E-state index in [0.29, 0.717) is 17.8 Å². The van der Waals surface area contributed by atoms with Gasteiger partial charge in [-0.05, 0) is 18.4 Å². The summed E-state index contributed by atoms with van der Waals surface area (Å²) < 4.78 is 7.11. The molecular weight excluding hydrogens is 356 g/mol. The second-order valence-electron chi connectivity index (χ2n) is 7.74. The summed E-state index contributed by atoms with van der Waals surface area (Å²) in [5, 5.41) is 9.16. The predicted molar refractivity (Wildman–Crippen MR) is 105 cm³/mol.